The van der Waals surface area contributed by atoms with Gasteiger partial charge in [0.15, 0.2) is 0 Å². The van der Waals surface area contributed by atoms with Crippen molar-refractivity contribution in [2.75, 3.05) is 0 Å². The number of rotatable bonds is 4. The summed E-state index contributed by atoms with van der Waals surface area (Å²) >= 11 is 0. The fraction of sp³-hybridized carbons (Fsp3) is 0.235. The van der Waals surface area contributed by atoms with E-state index in [9.17, 15) is 9.90 Å². The van der Waals surface area contributed by atoms with Crippen molar-refractivity contribution in [2.45, 2.75) is 25.7 Å². The predicted molar refractivity (Wildman–Crippen MR) is 76.3 cm³/mol. The first-order chi connectivity index (χ1) is 9.00. The van der Waals surface area contributed by atoms with Crippen LogP contribution in [0.15, 0.2) is 54.6 Å². The Balaban J connectivity index is 2.20. The second-order valence-corrected chi connectivity index (χ2v) is 5.26. The molecular formula is C17H18O2. The number of ketones is 1. The van der Waals surface area contributed by atoms with Crippen molar-refractivity contribution in [3.05, 3.63) is 65.7 Å². The normalized spacial score (nSPS) is 11.3. The Bertz CT molecular complexity index is 571. The summed E-state index contributed by atoms with van der Waals surface area (Å²) in [6.45, 7) is 3.88. The molecule has 2 heteroatoms. The number of carbonyl (C=O) groups excluding carboxylic acids is 1. The van der Waals surface area contributed by atoms with Crippen LogP contribution >= 0.6 is 0 Å². The van der Waals surface area contributed by atoms with E-state index in [0.29, 0.717) is 6.42 Å². The summed E-state index contributed by atoms with van der Waals surface area (Å²) in [5, 5.41) is 9.43. The Labute approximate surface area is 113 Å². The van der Waals surface area contributed by atoms with E-state index in [0.717, 1.165) is 11.1 Å². The zero-order chi connectivity index (χ0) is 13.9. The van der Waals surface area contributed by atoms with Gasteiger partial charge in [-0.3, -0.25) is 4.79 Å². The van der Waals surface area contributed by atoms with Crippen molar-refractivity contribution in [1.82, 2.24) is 0 Å². The van der Waals surface area contributed by atoms with Crippen LogP contribution in [0, 0.1) is 0 Å². The number of Topliss-reactive ketones (excluding diaryl/α,β-unsaturated/α-hetero) is 1. The van der Waals surface area contributed by atoms with Crippen LogP contribution in [0.4, 0.5) is 0 Å². The van der Waals surface area contributed by atoms with E-state index in [1.807, 2.05) is 50.2 Å². The average molecular weight is 254 g/mol. The van der Waals surface area contributed by atoms with Crippen LogP contribution in [0.2, 0.25) is 0 Å². The maximum absolute atomic E-state index is 12.5. The summed E-state index contributed by atoms with van der Waals surface area (Å²) in [6, 6.07) is 16.6. The van der Waals surface area contributed by atoms with Gasteiger partial charge in [-0.15, -0.1) is 0 Å². The molecule has 2 nitrogen and oxygen atoms in total. The third kappa shape index (κ3) is 3.02. The Morgan fingerprint density at radius 3 is 2.37 bits per heavy atom. The van der Waals surface area contributed by atoms with Gasteiger partial charge in [-0.2, -0.15) is 0 Å². The number of hydrogen-bond acceptors (Lipinski definition) is 2. The van der Waals surface area contributed by atoms with E-state index in [-0.39, 0.29) is 11.5 Å². The van der Waals surface area contributed by atoms with Crippen LogP contribution < -0.4 is 0 Å². The predicted octanol–water partition coefficient (Wildman–Crippen LogP) is 3.48. The summed E-state index contributed by atoms with van der Waals surface area (Å²) in [4.78, 5) is 12.5. The molecule has 2 rings (SSSR count). The Kier molecular flexibility index (Phi) is 3.70. The lowest BCUT2D eigenvalue weighted by atomic mass is 9.78. The first kappa shape index (κ1) is 13.3. The molecule has 0 amide bonds. The number of carbonyl (C=O) groups is 1. The zero-order valence-electron chi connectivity index (χ0n) is 11.3. The third-order valence-electron chi connectivity index (χ3n) is 3.47. The van der Waals surface area contributed by atoms with E-state index in [1.165, 1.54) is 0 Å². The Hall–Kier alpha value is -2.09. The molecule has 0 spiro atoms. The highest BCUT2D eigenvalue weighted by molar-refractivity contribution is 5.91. The molecule has 0 fully saturated rings. The van der Waals surface area contributed by atoms with Gasteiger partial charge in [-0.25, -0.2) is 0 Å². The smallest absolute Gasteiger partial charge is 0.147 e. The summed E-state index contributed by atoms with van der Waals surface area (Å²) in [5.41, 5.74) is 1.33. The fourth-order valence-electron chi connectivity index (χ4n) is 2.09. The zero-order valence-corrected chi connectivity index (χ0v) is 11.3. The summed E-state index contributed by atoms with van der Waals surface area (Å²) in [7, 11) is 0. The number of aromatic hydroxyl groups is 1. The first-order valence-corrected chi connectivity index (χ1v) is 6.37. The van der Waals surface area contributed by atoms with Crippen LogP contribution in [0.1, 0.15) is 25.0 Å². The SMILES string of the molecule is CC(C)(C(=O)Cc1cccc(O)c1)c1ccccc1. The molecule has 0 aliphatic carbocycles. The lowest BCUT2D eigenvalue weighted by molar-refractivity contribution is -0.122. The minimum Gasteiger partial charge on any atom is -0.508 e. The van der Waals surface area contributed by atoms with Crippen LogP contribution in [-0.2, 0) is 16.6 Å². The molecule has 0 unspecified atom stereocenters. The van der Waals surface area contributed by atoms with Gasteiger partial charge in [0.25, 0.3) is 0 Å². The monoisotopic (exact) mass is 254 g/mol. The quantitative estimate of drug-likeness (QED) is 0.907. The summed E-state index contributed by atoms with van der Waals surface area (Å²) in [6.07, 6.45) is 0.330. The Morgan fingerprint density at radius 1 is 1.05 bits per heavy atom. The van der Waals surface area contributed by atoms with Crippen molar-refractivity contribution >= 4 is 5.78 Å². The van der Waals surface area contributed by atoms with Crippen molar-refractivity contribution in [2.24, 2.45) is 0 Å². The van der Waals surface area contributed by atoms with Crippen molar-refractivity contribution in [3.8, 4) is 5.75 Å². The van der Waals surface area contributed by atoms with E-state index in [2.05, 4.69) is 0 Å². The van der Waals surface area contributed by atoms with Gasteiger partial charge in [-0.1, -0.05) is 42.5 Å². The average Bonchev–Trinajstić information content (AvgIpc) is 2.39. The van der Waals surface area contributed by atoms with Crippen LogP contribution in [-0.4, -0.2) is 10.9 Å². The second-order valence-electron chi connectivity index (χ2n) is 5.26. The van der Waals surface area contributed by atoms with E-state index >= 15 is 0 Å². The standard InChI is InChI=1S/C17H18O2/c1-17(2,14-8-4-3-5-9-14)16(19)12-13-7-6-10-15(18)11-13/h3-11,18H,12H2,1-2H3. The molecule has 19 heavy (non-hydrogen) atoms. The van der Waals surface area contributed by atoms with Gasteiger partial charge in [-0.05, 0) is 37.1 Å². The third-order valence-corrected chi connectivity index (χ3v) is 3.47. The fourth-order valence-corrected chi connectivity index (χ4v) is 2.09. The largest absolute Gasteiger partial charge is 0.508 e. The molecule has 0 atom stereocenters. The topological polar surface area (TPSA) is 37.3 Å². The lowest BCUT2D eigenvalue weighted by Gasteiger charge is -2.23. The molecule has 1 N–H and O–H groups in total. The molecule has 0 radical (unpaired) electrons. The molecule has 0 heterocycles. The van der Waals surface area contributed by atoms with Gasteiger partial charge in [0.2, 0.25) is 0 Å². The maximum atomic E-state index is 12.5. The molecular weight excluding hydrogens is 236 g/mol. The highest BCUT2D eigenvalue weighted by Crippen LogP contribution is 2.26. The summed E-state index contributed by atoms with van der Waals surface area (Å²) in [5.74, 6) is 0.340. The van der Waals surface area contributed by atoms with Gasteiger partial charge in [0, 0.05) is 11.8 Å². The summed E-state index contributed by atoms with van der Waals surface area (Å²) < 4.78 is 0. The van der Waals surface area contributed by atoms with Crippen LogP contribution in [0.5, 0.6) is 5.75 Å². The number of benzene rings is 2. The molecule has 2 aromatic carbocycles. The molecule has 0 saturated carbocycles. The molecule has 0 aliphatic rings. The molecule has 0 bridgehead atoms. The van der Waals surface area contributed by atoms with E-state index in [4.69, 9.17) is 0 Å². The molecule has 98 valence electrons. The number of phenolic OH excluding ortho intramolecular Hbond substituents is 1. The van der Waals surface area contributed by atoms with E-state index in [1.54, 1.807) is 18.2 Å². The Morgan fingerprint density at radius 2 is 1.74 bits per heavy atom. The molecule has 0 aliphatic heterocycles. The molecule has 0 aromatic heterocycles. The van der Waals surface area contributed by atoms with Crippen LogP contribution in [0.3, 0.4) is 0 Å². The van der Waals surface area contributed by atoms with Crippen molar-refractivity contribution in [3.63, 3.8) is 0 Å². The highest BCUT2D eigenvalue weighted by atomic mass is 16.3. The van der Waals surface area contributed by atoms with E-state index < -0.39 is 5.41 Å². The second kappa shape index (κ2) is 5.27. The van der Waals surface area contributed by atoms with Crippen LogP contribution in [0.25, 0.3) is 0 Å². The van der Waals surface area contributed by atoms with Gasteiger partial charge < -0.3 is 5.11 Å². The lowest BCUT2D eigenvalue weighted by Crippen LogP contribution is -2.30. The van der Waals surface area contributed by atoms with Gasteiger partial charge >= 0.3 is 0 Å². The van der Waals surface area contributed by atoms with Crippen molar-refractivity contribution in [1.29, 1.82) is 0 Å². The number of hydrogen-bond donors (Lipinski definition) is 1. The van der Waals surface area contributed by atoms with Crippen molar-refractivity contribution < 1.29 is 9.90 Å². The minimum atomic E-state index is -0.521. The minimum absolute atomic E-state index is 0.143. The molecule has 2 aromatic rings. The number of phenols is 1. The van der Waals surface area contributed by atoms with Gasteiger partial charge in [0.1, 0.15) is 11.5 Å². The first-order valence-electron chi connectivity index (χ1n) is 6.37. The maximum Gasteiger partial charge on any atom is 0.147 e. The van der Waals surface area contributed by atoms with Gasteiger partial charge in [0.05, 0.1) is 0 Å². The highest BCUT2D eigenvalue weighted by Gasteiger charge is 2.29. The molecule has 0 saturated heterocycles.